The van der Waals surface area contributed by atoms with E-state index in [9.17, 15) is 0 Å². The molecule has 0 radical (unpaired) electrons. The molecule has 2 rings (SSSR count). The molecule has 0 unspecified atom stereocenters. The topological polar surface area (TPSA) is 30.3 Å². The Balaban J connectivity index is 1.95. The molecule has 0 amide bonds. The number of benzene rings is 1. The lowest BCUT2D eigenvalue weighted by molar-refractivity contribution is -0.874. The van der Waals surface area contributed by atoms with Crippen LogP contribution in [0.1, 0.15) is 44.6 Å². The second-order valence-corrected chi connectivity index (χ2v) is 7.99. The minimum absolute atomic E-state index is 0.0357. The highest BCUT2D eigenvalue weighted by atomic mass is 16.5. The van der Waals surface area contributed by atoms with Crippen LogP contribution < -0.4 is 10.2 Å². The normalized spacial score (nSPS) is 22.2. The minimum atomic E-state index is 0.0357. The molecule has 1 heterocycles. The van der Waals surface area contributed by atoms with Gasteiger partial charge in [0.15, 0.2) is 0 Å². The first-order valence-electron chi connectivity index (χ1n) is 9.27. The van der Waals surface area contributed by atoms with E-state index in [1.54, 1.807) is 0 Å². The molecule has 3 N–H and O–H groups in total. The predicted octanol–water partition coefficient (Wildman–Crippen LogP) is 1.07. The highest BCUT2D eigenvalue weighted by Gasteiger charge is 2.34. The first kappa shape index (κ1) is 18.4. The Kier molecular flexibility index (Phi) is 7.07. The third-order valence-corrected chi connectivity index (χ3v) is 5.06. The van der Waals surface area contributed by atoms with E-state index >= 15 is 0 Å². The third-order valence-electron chi connectivity index (χ3n) is 5.06. The highest BCUT2D eigenvalue weighted by Crippen LogP contribution is 2.39. The highest BCUT2D eigenvalue weighted by molar-refractivity contribution is 5.20. The fraction of sp³-hybridized carbons (Fsp3) is 0.700. The van der Waals surface area contributed by atoms with E-state index in [0.29, 0.717) is 5.92 Å². The number of ether oxygens (including phenoxy) is 1. The van der Waals surface area contributed by atoms with E-state index in [0.717, 1.165) is 12.5 Å². The molecule has 23 heavy (non-hydrogen) atoms. The summed E-state index contributed by atoms with van der Waals surface area (Å²) in [6.07, 6.45) is 3.65. The molecule has 3 nitrogen and oxygen atoms in total. The molecule has 2 atom stereocenters. The van der Waals surface area contributed by atoms with E-state index in [1.165, 1.54) is 49.4 Å². The van der Waals surface area contributed by atoms with Gasteiger partial charge < -0.3 is 15.0 Å². The van der Waals surface area contributed by atoms with Gasteiger partial charge in [0.2, 0.25) is 0 Å². The fourth-order valence-electron chi connectivity index (χ4n) is 3.83. The van der Waals surface area contributed by atoms with Crippen LogP contribution in [0, 0.1) is 5.92 Å². The van der Waals surface area contributed by atoms with Gasteiger partial charge in [0, 0.05) is 13.0 Å². The maximum atomic E-state index is 5.94. The van der Waals surface area contributed by atoms with Crippen LogP contribution in [-0.2, 0) is 4.74 Å². The molecule has 0 aromatic heterocycles. The van der Waals surface area contributed by atoms with Gasteiger partial charge in [0.1, 0.15) is 13.1 Å². The van der Waals surface area contributed by atoms with Crippen molar-refractivity contribution in [3.05, 3.63) is 35.9 Å². The lowest BCUT2D eigenvalue weighted by Crippen LogP contribution is -3.09. The van der Waals surface area contributed by atoms with Crippen LogP contribution in [0.15, 0.2) is 30.3 Å². The predicted molar refractivity (Wildman–Crippen MR) is 95.9 cm³/mol. The van der Waals surface area contributed by atoms with Crippen LogP contribution in [0.5, 0.6) is 0 Å². The lowest BCUT2D eigenvalue weighted by atomic mass is 9.75. The molecule has 0 spiro atoms. The average Bonchev–Trinajstić information content (AvgIpc) is 2.50. The van der Waals surface area contributed by atoms with Crippen molar-refractivity contribution in [1.82, 2.24) is 0 Å². The Hall–Kier alpha value is -0.900. The van der Waals surface area contributed by atoms with E-state index < -0.39 is 0 Å². The van der Waals surface area contributed by atoms with Crippen LogP contribution in [0.25, 0.3) is 0 Å². The smallest absolute Gasteiger partial charge is 0.126 e. The molecule has 1 aromatic rings. The van der Waals surface area contributed by atoms with E-state index in [4.69, 9.17) is 4.74 Å². The summed E-state index contributed by atoms with van der Waals surface area (Å²) in [5, 5.41) is 2.49. The third kappa shape index (κ3) is 6.25. The summed E-state index contributed by atoms with van der Waals surface area (Å²) in [6.45, 7) is 9.09. The van der Waals surface area contributed by atoms with Gasteiger partial charge in [-0.25, -0.2) is 0 Å². The average molecular weight is 321 g/mol. The van der Waals surface area contributed by atoms with Crippen LogP contribution in [0.4, 0.5) is 0 Å². The molecule has 1 aliphatic heterocycles. The summed E-state index contributed by atoms with van der Waals surface area (Å²) in [5.74, 6) is 1.41. The summed E-state index contributed by atoms with van der Waals surface area (Å²) >= 11 is 0. The van der Waals surface area contributed by atoms with Crippen molar-refractivity contribution in [2.75, 3.05) is 40.3 Å². The van der Waals surface area contributed by atoms with Gasteiger partial charge in [-0.05, 0) is 44.1 Å². The first-order valence-corrected chi connectivity index (χ1v) is 9.27. The van der Waals surface area contributed by atoms with Crippen LogP contribution in [0.3, 0.4) is 0 Å². The van der Waals surface area contributed by atoms with Crippen molar-refractivity contribution in [1.29, 1.82) is 0 Å². The van der Waals surface area contributed by atoms with Gasteiger partial charge in [0.05, 0.1) is 26.2 Å². The Morgan fingerprint density at radius 1 is 1.22 bits per heavy atom. The van der Waals surface area contributed by atoms with Crippen molar-refractivity contribution >= 4 is 0 Å². The van der Waals surface area contributed by atoms with E-state index in [1.807, 2.05) is 0 Å². The summed E-state index contributed by atoms with van der Waals surface area (Å²) in [7, 11) is 4.45. The van der Waals surface area contributed by atoms with Crippen molar-refractivity contribution in [3.8, 4) is 0 Å². The SMILES string of the molecule is C[NH+](C)CC[NH2+]CC[C@H](c1ccccc1)[C@@H]1CCOC(C)(C)C1. The maximum absolute atomic E-state index is 5.94. The van der Waals surface area contributed by atoms with Gasteiger partial charge in [-0.2, -0.15) is 0 Å². The second-order valence-electron chi connectivity index (χ2n) is 7.99. The number of rotatable bonds is 8. The Morgan fingerprint density at radius 2 is 1.96 bits per heavy atom. The molecule has 0 bridgehead atoms. The Bertz CT molecular complexity index is 444. The molecule has 0 aliphatic carbocycles. The Morgan fingerprint density at radius 3 is 2.61 bits per heavy atom. The van der Waals surface area contributed by atoms with Gasteiger partial charge in [-0.3, -0.25) is 0 Å². The molecular weight excluding hydrogens is 284 g/mol. The number of likely N-dealkylation sites (N-methyl/N-ethyl adjacent to an activating group) is 1. The molecule has 0 saturated carbocycles. The molecule has 1 aromatic carbocycles. The fourth-order valence-corrected chi connectivity index (χ4v) is 3.83. The van der Waals surface area contributed by atoms with Crippen molar-refractivity contribution in [2.45, 2.75) is 44.6 Å². The summed E-state index contributed by atoms with van der Waals surface area (Å²) < 4.78 is 5.94. The summed E-state index contributed by atoms with van der Waals surface area (Å²) in [4.78, 5) is 1.53. The van der Waals surface area contributed by atoms with Crippen molar-refractivity contribution in [3.63, 3.8) is 0 Å². The lowest BCUT2D eigenvalue weighted by Gasteiger charge is -2.39. The number of hydrogen-bond acceptors (Lipinski definition) is 1. The number of hydrogen-bond donors (Lipinski definition) is 2. The van der Waals surface area contributed by atoms with Crippen LogP contribution in [0.2, 0.25) is 0 Å². The number of nitrogens with one attached hydrogen (secondary N) is 1. The zero-order chi connectivity index (χ0) is 16.7. The van der Waals surface area contributed by atoms with E-state index in [-0.39, 0.29) is 5.60 Å². The van der Waals surface area contributed by atoms with Gasteiger partial charge >= 0.3 is 0 Å². The molecule has 1 fully saturated rings. The van der Waals surface area contributed by atoms with Gasteiger partial charge in [-0.1, -0.05) is 30.3 Å². The number of nitrogens with two attached hydrogens (primary N) is 1. The van der Waals surface area contributed by atoms with E-state index in [2.05, 4.69) is 63.6 Å². The molecule has 1 aliphatic rings. The standard InChI is InChI=1S/C20H34N2O/c1-20(2)16-18(11-15-23-20)19(17-8-6-5-7-9-17)10-12-21-13-14-22(3)4/h5-9,18-19,21H,10-16H2,1-4H3/p+2/t18-,19-/m1/s1. The second kappa shape index (κ2) is 8.81. The van der Waals surface area contributed by atoms with Gasteiger partial charge in [0.25, 0.3) is 0 Å². The molecular formula is C20H36N2O+2. The zero-order valence-electron chi connectivity index (χ0n) is 15.5. The monoisotopic (exact) mass is 320 g/mol. The largest absolute Gasteiger partial charge is 0.376 e. The maximum Gasteiger partial charge on any atom is 0.126 e. The van der Waals surface area contributed by atoms with Crippen LogP contribution in [-0.4, -0.2) is 45.9 Å². The molecule has 1 saturated heterocycles. The first-order chi connectivity index (χ1) is 11.0. The minimum Gasteiger partial charge on any atom is -0.376 e. The number of quaternary nitrogens is 2. The Labute approximate surface area is 142 Å². The van der Waals surface area contributed by atoms with Crippen molar-refractivity contribution in [2.24, 2.45) is 5.92 Å². The summed E-state index contributed by atoms with van der Waals surface area (Å²) in [6, 6.07) is 11.1. The van der Waals surface area contributed by atoms with Gasteiger partial charge in [-0.15, -0.1) is 0 Å². The zero-order valence-corrected chi connectivity index (χ0v) is 15.5. The van der Waals surface area contributed by atoms with Crippen LogP contribution >= 0.6 is 0 Å². The summed E-state index contributed by atoms with van der Waals surface area (Å²) in [5.41, 5.74) is 1.55. The molecule has 3 heteroatoms. The van der Waals surface area contributed by atoms with Crippen molar-refractivity contribution < 1.29 is 15.0 Å². The quantitative estimate of drug-likeness (QED) is 0.690. The molecule has 130 valence electrons.